The van der Waals surface area contributed by atoms with Crippen LogP contribution in [-0.2, 0) is 16.0 Å². The Morgan fingerprint density at radius 3 is 2.67 bits per heavy atom. The van der Waals surface area contributed by atoms with Crippen molar-refractivity contribution in [1.82, 2.24) is 9.78 Å². The number of methoxy groups -OCH3 is 1. The van der Waals surface area contributed by atoms with Crippen molar-refractivity contribution < 1.29 is 9.53 Å². The number of hydrogen-bond donors (Lipinski definition) is 0. The highest BCUT2D eigenvalue weighted by atomic mass is 35.5. The summed E-state index contributed by atoms with van der Waals surface area (Å²) >= 11 is 6.26. The van der Waals surface area contributed by atoms with Crippen molar-refractivity contribution in [2.75, 3.05) is 7.11 Å². The van der Waals surface area contributed by atoms with Crippen molar-refractivity contribution in [1.29, 1.82) is 0 Å². The molecule has 0 saturated carbocycles. The molecule has 1 aromatic carbocycles. The molecule has 0 atom stereocenters. The molecule has 0 bridgehead atoms. The molecular weight excluding hydrogens is 252 g/mol. The maximum atomic E-state index is 11.3. The second-order valence-corrected chi connectivity index (χ2v) is 4.21. The second-order valence-electron chi connectivity index (χ2n) is 3.86. The maximum absolute atomic E-state index is 11.3. The largest absolute Gasteiger partial charge is 0.469 e. The van der Waals surface area contributed by atoms with E-state index < -0.39 is 0 Å². The lowest BCUT2D eigenvalue weighted by atomic mass is 10.2. The Balaban J connectivity index is 2.41. The second kappa shape index (κ2) is 5.23. The third-order valence-corrected chi connectivity index (χ3v) is 3.06. The molecule has 18 heavy (non-hydrogen) atoms. The molecule has 4 nitrogen and oxygen atoms in total. The van der Waals surface area contributed by atoms with E-state index in [1.807, 2.05) is 37.3 Å². The van der Waals surface area contributed by atoms with E-state index in [4.69, 9.17) is 11.6 Å². The molecule has 0 aliphatic rings. The molecule has 0 fully saturated rings. The molecule has 2 rings (SSSR count). The van der Waals surface area contributed by atoms with Crippen LogP contribution < -0.4 is 0 Å². The zero-order chi connectivity index (χ0) is 13.1. The van der Waals surface area contributed by atoms with E-state index in [1.165, 1.54) is 7.11 Å². The molecule has 5 heteroatoms. The van der Waals surface area contributed by atoms with Crippen LogP contribution in [0.1, 0.15) is 11.3 Å². The average Bonchev–Trinajstić information content (AvgIpc) is 2.67. The summed E-state index contributed by atoms with van der Waals surface area (Å²) < 4.78 is 6.26. The molecule has 0 unspecified atom stereocenters. The Labute approximate surface area is 110 Å². The van der Waals surface area contributed by atoms with Gasteiger partial charge in [0.05, 0.1) is 24.9 Å². The summed E-state index contributed by atoms with van der Waals surface area (Å²) in [6.07, 6.45) is 0.133. The number of aryl methyl sites for hydroxylation is 1. The first-order chi connectivity index (χ1) is 8.63. The van der Waals surface area contributed by atoms with Crippen molar-refractivity contribution in [3.8, 4) is 5.69 Å². The van der Waals surface area contributed by atoms with Crippen LogP contribution in [0.2, 0.25) is 5.15 Å². The van der Waals surface area contributed by atoms with Crippen molar-refractivity contribution in [3.05, 3.63) is 46.7 Å². The van der Waals surface area contributed by atoms with Crippen molar-refractivity contribution >= 4 is 17.6 Å². The summed E-state index contributed by atoms with van der Waals surface area (Å²) in [6, 6.07) is 9.54. The Morgan fingerprint density at radius 1 is 1.39 bits per heavy atom. The van der Waals surface area contributed by atoms with Gasteiger partial charge in [-0.1, -0.05) is 29.8 Å². The molecule has 94 valence electrons. The third kappa shape index (κ3) is 2.38. The van der Waals surface area contributed by atoms with Gasteiger partial charge < -0.3 is 4.74 Å². The SMILES string of the molecule is COC(=O)Cc1c(C)nn(-c2ccccc2)c1Cl. The quantitative estimate of drug-likeness (QED) is 0.801. The van der Waals surface area contributed by atoms with Gasteiger partial charge in [0.15, 0.2) is 0 Å². The summed E-state index contributed by atoms with van der Waals surface area (Å²) in [7, 11) is 1.35. The minimum atomic E-state index is -0.326. The molecule has 0 amide bonds. The normalized spacial score (nSPS) is 10.4. The first-order valence-corrected chi connectivity index (χ1v) is 5.87. The maximum Gasteiger partial charge on any atom is 0.310 e. The molecule has 0 radical (unpaired) electrons. The van der Waals surface area contributed by atoms with Gasteiger partial charge in [-0.15, -0.1) is 0 Å². The van der Waals surface area contributed by atoms with Crippen LogP contribution in [0.15, 0.2) is 30.3 Å². The van der Waals surface area contributed by atoms with Gasteiger partial charge in [0.2, 0.25) is 0 Å². The first-order valence-electron chi connectivity index (χ1n) is 5.49. The third-order valence-electron chi connectivity index (χ3n) is 2.67. The summed E-state index contributed by atoms with van der Waals surface area (Å²) in [5, 5.41) is 4.79. The number of esters is 1. The van der Waals surface area contributed by atoms with Gasteiger partial charge in [-0.3, -0.25) is 4.79 Å². The van der Waals surface area contributed by atoms with Crippen LogP contribution in [0.5, 0.6) is 0 Å². The molecule has 0 N–H and O–H groups in total. The fourth-order valence-electron chi connectivity index (χ4n) is 1.69. The number of carbonyl (C=O) groups excluding carboxylic acids is 1. The Morgan fingerprint density at radius 2 is 2.06 bits per heavy atom. The van der Waals surface area contributed by atoms with Crippen molar-refractivity contribution in [3.63, 3.8) is 0 Å². The van der Waals surface area contributed by atoms with Crippen LogP contribution in [-0.4, -0.2) is 22.9 Å². The lowest BCUT2D eigenvalue weighted by Crippen LogP contribution is -2.05. The van der Waals surface area contributed by atoms with Gasteiger partial charge in [0, 0.05) is 5.56 Å². The Hall–Kier alpha value is -1.81. The van der Waals surface area contributed by atoms with Crippen LogP contribution >= 0.6 is 11.6 Å². The molecule has 0 aliphatic heterocycles. The summed E-state index contributed by atoms with van der Waals surface area (Å²) in [6.45, 7) is 1.82. The minimum Gasteiger partial charge on any atom is -0.469 e. The van der Waals surface area contributed by atoms with Crippen molar-refractivity contribution in [2.24, 2.45) is 0 Å². The molecular formula is C13H13ClN2O2. The molecule has 0 saturated heterocycles. The number of carbonyl (C=O) groups is 1. The molecule has 1 aromatic heterocycles. The summed E-state index contributed by atoms with van der Waals surface area (Å²) in [5.41, 5.74) is 2.29. The number of rotatable bonds is 3. The number of ether oxygens (including phenoxy) is 1. The predicted octanol–water partition coefficient (Wildman–Crippen LogP) is 2.55. The highest BCUT2D eigenvalue weighted by molar-refractivity contribution is 6.30. The van der Waals surface area contributed by atoms with Crippen LogP contribution in [0.4, 0.5) is 0 Å². The molecule has 1 heterocycles. The van der Waals surface area contributed by atoms with E-state index in [1.54, 1.807) is 4.68 Å². The van der Waals surface area contributed by atoms with E-state index in [-0.39, 0.29) is 12.4 Å². The first kappa shape index (κ1) is 12.6. The Kier molecular flexibility index (Phi) is 3.67. The minimum absolute atomic E-state index is 0.133. The summed E-state index contributed by atoms with van der Waals surface area (Å²) in [5.74, 6) is -0.326. The lowest BCUT2D eigenvalue weighted by molar-refractivity contribution is -0.139. The van der Waals surface area contributed by atoms with Gasteiger partial charge >= 0.3 is 5.97 Å². The number of para-hydroxylation sites is 1. The fourth-order valence-corrected chi connectivity index (χ4v) is 2.03. The van der Waals surface area contributed by atoms with E-state index in [9.17, 15) is 4.79 Å². The predicted molar refractivity (Wildman–Crippen MR) is 69.0 cm³/mol. The van der Waals surface area contributed by atoms with Gasteiger partial charge in [0.1, 0.15) is 5.15 Å². The topological polar surface area (TPSA) is 44.1 Å². The lowest BCUT2D eigenvalue weighted by Gasteiger charge is -2.03. The van der Waals surface area contributed by atoms with Gasteiger partial charge in [-0.05, 0) is 19.1 Å². The van der Waals surface area contributed by atoms with E-state index in [0.29, 0.717) is 10.7 Å². The van der Waals surface area contributed by atoms with Gasteiger partial charge in [-0.25, -0.2) is 4.68 Å². The smallest absolute Gasteiger partial charge is 0.310 e. The highest BCUT2D eigenvalue weighted by Gasteiger charge is 2.17. The van der Waals surface area contributed by atoms with E-state index in [2.05, 4.69) is 9.84 Å². The van der Waals surface area contributed by atoms with E-state index in [0.717, 1.165) is 11.4 Å². The van der Waals surface area contributed by atoms with Gasteiger partial charge in [0.25, 0.3) is 0 Å². The standard InChI is InChI=1S/C13H13ClN2O2/c1-9-11(8-12(17)18-2)13(14)16(15-9)10-6-4-3-5-7-10/h3-7H,8H2,1-2H3. The van der Waals surface area contributed by atoms with Gasteiger partial charge in [-0.2, -0.15) is 5.10 Å². The van der Waals surface area contributed by atoms with Crippen molar-refractivity contribution in [2.45, 2.75) is 13.3 Å². The Bertz CT molecular complexity index is 564. The molecule has 0 aliphatic carbocycles. The number of halogens is 1. The number of hydrogen-bond acceptors (Lipinski definition) is 3. The van der Waals surface area contributed by atoms with Crippen LogP contribution in [0.25, 0.3) is 5.69 Å². The zero-order valence-corrected chi connectivity index (χ0v) is 10.9. The fraction of sp³-hybridized carbons (Fsp3) is 0.231. The zero-order valence-electron chi connectivity index (χ0n) is 10.2. The molecule has 2 aromatic rings. The number of nitrogens with zero attached hydrogens (tertiary/aromatic N) is 2. The number of benzene rings is 1. The highest BCUT2D eigenvalue weighted by Crippen LogP contribution is 2.24. The van der Waals surface area contributed by atoms with Crippen LogP contribution in [0, 0.1) is 6.92 Å². The van der Waals surface area contributed by atoms with E-state index >= 15 is 0 Å². The average molecular weight is 265 g/mol. The monoisotopic (exact) mass is 264 g/mol. The van der Waals surface area contributed by atoms with Crippen LogP contribution in [0.3, 0.4) is 0 Å². The molecule has 0 spiro atoms. The summed E-state index contributed by atoms with van der Waals surface area (Å²) in [4.78, 5) is 11.3. The number of aromatic nitrogens is 2.